The van der Waals surface area contributed by atoms with Crippen molar-refractivity contribution in [2.75, 3.05) is 41.0 Å². The normalized spacial score (nSPS) is 16.9. The molecule has 1 aliphatic rings. The highest BCUT2D eigenvalue weighted by Gasteiger charge is 2.31. The second-order valence-electron chi connectivity index (χ2n) is 6.33. The van der Waals surface area contributed by atoms with Gasteiger partial charge in [-0.05, 0) is 50.4 Å². The fourth-order valence-electron chi connectivity index (χ4n) is 3.34. The van der Waals surface area contributed by atoms with Crippen LogP contribution in [-0.4, -0.2) is 57.0 Å². The third-order valence-electron chi connectivity index (χ3n) is 4.51. The van der Waals surface area contributed by atoms with E-state index < -0.39 is 12.0 Å². The number of likely N-dealkylation sites (N-methyl/N-ethyl adjacent to an activating group) is 1. The molecule has 1 saturated heterocycles. The number of carbonyl (C=O) groups is 1. The molecule has 0 bridgehead atoms. The minimum atomic E-state index is -0.893. The molecular formula is C18H27NO5. The van der Waals surface area contributed by atoms with Crippen molar-refractivity contribution in [1.29, 1.82) is 0 Å². The van der Waals surface area contributed by atoms with Gasteiger partial charge in [-0.3, -0.25) is 9.69 Å². The van der Waals surface area contributed by atoms with Crippen LogP contribution in [0.3, 0.4) is 0 Å². The summed E-state index contributed by atoms with van der Waals surface area (Å²) in [5.41, 5.74) is 1.56. The SMILES string of the molecule is COc1cc(C)cc(C(C(=O)O)N(C)CC2CCOCC2)c1OC. The van der Waals surface area contributed by atoms with Crippen molar-refractivity contribution in [1.82, 2.24) is 4.90 Å². The van der Waals surface area contributed by atoms with Gasteiger partial charge < -0.3 is 19.3 Å². The van der Waals surface area contributed by atoms with E-state index in [0.717, 1.165) is 31.6 Å². The van der Waals surface area contributed by atoms with Gasteiger partial charge >= 0.3 is 5.97 Å². The van der Waals surface area contributed by atoms with E-state index in [1.165, 1.54) is 7.11 Å². The number of rotatable bonds is 7. The smallest absolute Gasteiger partial charge is 0.325 e. The first kappa shape index (κ1) is 18.5. The molecule has 1 aromatic carbocycles. The van der Waals surface area contributed by atoms with Crippen molar-refractivity contribution in [2.24, 2.45) is 5.92 Å². The Balaban J connectivity index is 2.32. The minimum absolute atomic E-state index is 0.447. The maximum absolute atomic E-state index is 12.0. The van der Waals surface area contributed by atoms with Crippen molar-refractivity contribution >= 4 is 5.97 Å². The molecule has 0 saturated carbocycles. The van der Waals surface area contributed by atoms with Crippen LogP contribution in [0.2, 0.25) is 0 Å². The Morgan fingerprint density at radius 1 is 1.33 bits per heavy atom. The van der Waals surface area contributed by atoms with E-state index >= 15 is 0 Å². The molecule has 1 fully saturated rings. The van der Waals surface area contributed by atoms with Gasteiger partial charge in [-0.1, -0.05) is 0 Å². The Morgan fingerprint density at radius 2 is 2.00 bits per heavy atom. The monoisotopic (exact) mass is 337 g/mol. The van der Waals surface area contributed by atoms with Gasteiger partial charge in [0.15, 0.2) is 11.5 Å². The Bertz CT molecular complexity index is 569. The van der Waals surface area contributed by atoms with Gasteiger partial charge in [0, 0.05) is 25.3 Å². The molecule has 1 heterocycles. The number of hydrogen-bond acceptors (Lipinski definition) is 5. The standard InChI is InChI=1S/C18H27NO5/c1-12-9-14(17(23-4)15(10-12)22-3)16(18(20)21)19(2)11-13-5-7-24-8-6-13/h9-10,13,16H,5-8,11H2,1-4H3,(H,20,21). The first-order valence-electron chi connectivity index (χ1n) is 8.21. The molecule has 0 aromatic heterocycles. The molecule has 1 atom stereocenters. The van der Waals surface area contributed by atoms with Crippen LogP contribution in [0.4, 0.5) is 0 Å². The molecule has 0 amide bonds. The molecule has 0 radical (unpaired) electrons. The maximum Gasteiger partial charge on any atom is 0.325 e. The van der Waals surface area contributed by atoms with Crippen molar-refractivity contribution in [3.63, 3.8) is 0 Å². The third kappa shape index (κ3) is 4.19. The Morgan fingerprint density at radius 3 is 2.54 bits per heavy atom. The lowest BCUT2D eigenvalue weighted by atomic mass is 9.96. The zero-order chi connectivity index (χ0) is 17.7. The Hall–Kier alpha value is -1.79. The van der Waals surface area contributed by atoms with Crippen molar-refractivity contribution in [3.05, 3.63) is 23.3 Å². The fraction of sp³-hybridized carbons (Fsp3) is 0.611. The topological polar surface area (TPSA) is 68.2 Å². The van der Waals surface area contributed by atoms with Crippen molar-refractivity contribution < 1.29 is 24.1 Å². The lowest BCUT2D eigenvalue weighted by molar-refractivity contribution is -0.143. The van der Waals surface area contributed by atoms with E-state index in [4.69, 9.17) is 14.2 Å². The molecule has 1 aromatic rings. The average molecular weight is 337 g/mol. The van der Waals surface area contributed by atoms with E-state index in [1.54, 1.807) is 7.11 Å². The summed E-state index contributed by atoms with van der Waals surface area (Å²) in [4.78, 5) is 13.9. The van der Waals surface area contributed by atoms with Crippen LogP contribution in [0.1, 0.15) is 30.0 Å². The van der Waals surface area contributed by atoms with Gasteiger partial charge in [0.05, 0.1) is 14.2 Å². The number of carboxylic acids is 1. The van der Waals surface area contributed by atoms with E-state index in [9.17, 15) is 9.90 Å². The van der Waals surface area contributed by atoms with E-state index in [2.05, 4.69) is 0 Å². The van der Waals surface area contributed by atoms with Gasteiger partial charge in [0.2, 0.25) is 0 Å². The second-order valence-corrected chi connectivity index (χ2v) is 6.33. The van der Waals surface area contributed by atoms with Crippen LogP contribution in [0, 0.1) is 12.8 Å². The summed E-state index contributed by atoms with van der Waals surface area (Å²) in [6.45, 7) is 4.12. The van der Waals surface area contributed by atoms with Gasteiger partial charge in [0.1, 0.15) is 6.04 Å². The quantitative estimate of drug-likeness (QED) is 0.824. The van der Waals surface area contributed by atoms with Gasteiger partial charge in [-0.25, -0.2) is 0 Å². The zero-order valence-electron chi connectivity index (χ0n) is 14.9. The number of hydrogen-bond donors (Lipinski definition) is 1. The number of nitrogens with zero attached hydrogens (tertiary/aromatic N) is 1. The lowest BCUT2D eigenvalue weighted by Gasteiger charge is -2.31. The van der Waals surface area contributed by atoms with E-state index in [0.29, 0.717) is 29.5 Å². The Kier molecular flexibility index (Phi) is 6.45. The highest BCUT2D eigenvalue weighted by molar-refractivity contribution is 5.77. The summed E-state index contributed by atoms with van der Waals surface area (Å²) in [6.07, 6.45) is 1.93. The van der Waals surface area contributed by atoms with Gasteiger partial charge in [-0.2, -0.15) is 0 Å². The molecule has 24 heavy (non-hydrogen) atoms. The predicted octanol–water partition coefficient (Wildman–Crippen LogP) is 2.50. The zero-order valence-corrected chi connectivity index (χ0v) is 14.9. The molecule has 0 spiro atoms. The molecule has 1 unspecified atom stereocenters. The second kappa shape index (κ2) is 8.35. The van der Waals surface area contributed by atoms with Crippen LogP contribution in [0.5, 0.6) is 11.5 Å². The van der Waals surface area contributed by atoms with E-state index in [-0.39, 0.29) is 0 Å². The molecule has 6 nitrogen and oxygen atoms in total. The van der Waals surface area contributed by atoms with Gasteiger partial charge in [-0.15, -0.1) is 0 Å². The number of aryl methyl sites for hydroxylation is 1. The fourth-order valence-corrected chi connectivity index (χ4v) is 3.34. The predicted molar refractivity (Wildman–Crippen MR) is 90.8 cm³/mol. The van der Waals surface area contributed by atoms with Crippen molar-refractivity contribution in [2.45, 2.75) is 25.8 Å². The Labute approximate surface area is 143 Å². The molecule has 0 aliphatic carbocycles. The molecular weight excluding hydrogens is 310 g/mol. The molecule has 1 N–H and O–H groups in total. The summed E-state index contributed by atoms with van der Waals surface area (Å²) in [6, 6.07) is 2.93. The minimum Gasteiger partial charge on any atom is -0.493 e. The van der Waals surface area contributed by atoms with Crippen LogP contribution >= 0.6 is 0 Å². The first-order chi connectivity index (χ1) is 11.5. The molecule has 134 valence electrons. The number of carboxylic acid groups (broad SMARTS) is 1. The first-order valence-corrected chi connectivity index (χ1v) is 8.21. The maximum atomic E-state index is 12.0. The number of benzene rings is 1. The highest BCUT2D eigenvalue weighted by Crippen LogP contribution is 2.38. The number of aliphatic carboxylic acids is 1. The molecule has 6 heteroatoms. The number of methoxy groups -OCH3 is 2. The summed E-state index contributed by atoms with van der Waals surface area (Å²) in [5.74, 6) is 0.589. The molecule has 1 aliphatic heterocycles. The molecule has 2 rings (SSSR count). The summed E-state index contributed by atoms with van der Waals surface area (Å²) >= 11 is 0. The third-order valence-corrected chi connectivity index (χ3v) is 4.51. The lowest BCUT2D eigenvalue weighted by Crippen LogP contribution is -2.36. The van der Waals surface area contributed by atoms with Crippen LogP contribution in [-0.2, 0) is 9.53 Å². The van der Waals surface area contributed by atoms with Crippen LogP contribution in [0.15, 0.2) is 12.1 Å². The summed E-state index contributed by atoms with van der Waals surface area (Å²) in [7, 11) is 4.94. The van der Waals surface area contributed by atoms with Gasteiger partial charge in [0.25, 0.3) is 0 Å². The van der Waals surface area contributed by atoms with E-state index in [1.807, 2.05) is 31.0 Å². The summed E-state index contributed by atoms with van der Waals surface area (Å²) < 4.78 is 16.2. The summed E-state index contributed by atoms with van der Waals surface area (Å²) in [5, 5.41) is 9.84. The van der Waals surface area contributed by atoms with Crippen LogP contribution < -0.4 is 9.47 Å². The van der Waals surface area contributed by atoms with Crippen molar-refractivity contribution in [3.8, 4) is 11.5 Å². The average Bonchev–Trinajstić information content (AvgIpc) is 2.55. The highest BCUT2D eigenvalue weighted by atomic mass is 16.5. The van der Waals surface area contributed by atoms with Crippen LogP contribution in [0.25, 0.3) is 0 Å². The number of ether oxygens (including phenoxy) is 3. The largest absolute Gasteiger partial charge is 0.493 e.